The van der Waals surface area contributed by atoms with E-state index in [9.17, 15) is 13.2 Å². The first-order chi connectivity index (χ1) is 14.8. The quantitative estimate of drug-likeness (QED) is 0.652. The topological polar surface area (TPSA) is 84.9 Å². The highest BCUT2D eigenvalue weighted by Gasteiger charge is 2.35. The van der Waals surface area contributed by atoms with Crippen molar-refractivity contribution in [1.29, 1.82) is 0 Å². The van der Waals surface area contributed by atoms with Crippen LogP contribution in [0.25, 0.3) is 0 Å². The molecule has 1 atom stereocenters. The van der Waals surface area contributed by atoms with Gasteiger partial charge in [-0.3, -0.25) is 9.10 Å². The zero-order valence-electron chi connectivity index (χ0n) is 17.1. The molecule has 1 amide bonds. The molecule has 8 heteroatoms. The molecule has 31 heavy (non-hydrogen) atoms. The lowest BCUT2D eigenvalue weighted by Crippen LogP contribution is -2.48. The van der Waals surface area contributed by atoms with E-state index in [2.05, 4.69) is 5.32 Å². The Balaban J connectivity index is 1.58. The zero-order valence-corrected chi connectivity index (χ0v) is 17.9. The Morgan fingerprint density at radius 2 is 1.77 bits per heavy atom. The normalized spacial score (nSPS) is 15.5. The summed E-state index contributed by atoms with van der Waals surface area (Å²) in [5, 5.41) is 2.80. The highest BCUT2D eigenvalue weighted by molar-refractivity contribution is 7.92. The first kappa shape index (κ1) is 20.7. The summed E-state index contributed by atoms with van der Waals surface area (Å²) in [6, 6.07) is 21.5. The number of rotatable bonds is 5. The maximum atomic E-state index is 13.0. The molecule has 4 rings (SSSR count). The van der Waals surface area contributed by atoms with Crippen LogP contribution < -0.4 is 19.1 Å². The summed E-state index contributed by atoms with van der Waals surface area (Å²) in [6.07, 6.45) is 0.0947. The Morgan fingerprint density at radius 3 is 2.52 bits per heavy atom. The molecule has 0 aromatic heterocycles. The smallest absolute Gasteiger partial charge is 0.267 e. The van der Waals surface area contributed by atoms with E-state index in [1.54, 1.807) is 36.4 Å². The number of hydrogen-bond acceptors (Lipinski definition) is 5. The minimum Gasteiger partial charge on any atom is -0.476 e. The molecule has 1 heterocycles. The maximum Gasteiger partial charge on any atom is 0.267 e. The van der Waals surface area contributed by atoms with Crippen molar-refractivity contribution in [3.05, 3.63) is 78.4 Å². The Kier molecular flexibility index (Phi) is 5.56. The van der Waals surface area contributed by atoms with Crippen molar-refractivity contribution in [2.24, 2.45) is 0 Å². The molecule has 1 aliphatic heterocycles. The second kappa shape index (κ2) is 8.31. The molecule has 1 aliphatic rings. The number of para-hydroxylation sites is 3. The van der Waals surface area contributed by atoms with Crippen molar-refractivity contribution in [2.75, 3.05) is 22.4 Å². The van der Waals surface area contributed by atoms with Gasteiger partial charge in [-0.25, -0.2) is 8.42 Å². The van der Waals surface area contributed by atoms with Gasteiger partial charge < -0.3 is 14.8 Å². The van der Waals surface area contributed by atoms with E-state index in [1.807, 2.05) is 43.3 Å². The Morgan fingerprint density at radius 1 is 1.06 bits per heavy atom. The van der Waals surface area contributed by atoms with Gasteiger partial charge in [0.25, 0.3) is 5.91 Å². The van der Waals surface area contributed by atoms with E-state index >= 15 is 0 Å². The standard InChI is InChI=1S/C23H22N2O5S/c1-16-12-13-21-19(14-16)25(31(2,27)28)15-22(30-21)23(26)24-18-10-6-7-11-20(18)29-17-8-4-3-5-9-17/h3-14,22H,15H2,1-2H3,(H,24,26)/t22-/m1/s1. The van der Waals surface area contributed by atoms with Crippen LogP contribution in [0.4, 0.5) is 11.4 Å². The summed E-state index contributed by atoms with van der Waals surface area (Å²) < 4.78 is 37.7. The molecule has 0 bridgehead atoms. The molecule has 0 aliphatic carbocycles. The highest BCUT2D eigenvalue weighted by atomic mass is 32.2. The summed E-state index contributed by atoms with van der Waals surface area (Å²) in [7, 11) is -3.60. The second-order valence-electron chi connectivity index (χ2n) is 7.27. The van der Waals surface area contributed by atoms with Crippen LogP contribution in [0.15, 0.2) is 72.8 Å². The molecule has 0 spiro atoms. The molecule has 3 aromatic rings. The van der Waals surface area contributed by atoms with Crippen LogP contribution in [-0.4, -0.2) is 33.2 Å². The van der Waals surface area contributed by atoms with Crippen molar-refractivity contribution >= 4 is 27.3 Å². The second-order valence-corrected chi connectivity index (χ2v) is 9.18. The largest absolute Gasteiger partial charge is 0.476 e. The number of amides is 1. The summed E-state index contributed by atoms with van der Waals surface area (Å²) in [4.78, 5) is 13.0. The van der Waals surface area contributed by atoms with Crippen LogP contribution in [0.2, 0.25) is 0 Å². The number of nitrogens with one attached hydrogen (secondary N) is 1. The number of carbonyl (C=O) groups is 1. The maximum absolute atomic E-state index is 13.0. The molecule has 7 nitrogen and oxygen atoms in total. The van der Waals surface area contributed by atoms with Crippen LogP contribution in [0.5, 0.6) is 17.2 Å². The van der Waals surface area contributed by atoms with Gasteiger partial charge in [-0.2, -0.15) is 0 Å². The lowest BCUT2D eigenvalue weighted by molar-refractivity contribution is -0.122. The summed E-state index contributed by atoms with van der Waals surface area (Å²) in [5.41, 5.74) is 1.78. The van der Waals surface area contributed by atoms with Crippen molar-refractivity contribution in [1.82, 2.24) is 0 Å². The van der Waals surface area contributed by atoms with E-state index in [4.69, 9.17) is 9.47 Å². The van der Waals surface area contributed by atoms with Gasteiger partial charge in [0.05, 0.1) is 24.2 Å². The lowest BCUT2D eigenvalue weighted by Gasteiger charge is -2.34. The van der Waals surface area contributed by atoms with Gasteiger partial charge in [0.2, 0.25) is 10.0 Å². The van der Waals surface area contributed by atoms with Crippen LogP contribution in [0, 0.1) is 6.92 Å². The first-order valence-corrected chi connectivity index (χ1v) is 11.5. The average molecular weight is 439 g/mol. The molecule has 1 N–H and O–H groups in total. The number of anilines is 2. The third-order valence-electron chi connectivity index (χ3n) is 4.79. The first-order valence-electron chi connectivity index (χ1n) is 9.69. The number of fused-ring (bicyclic) bond motifs is 1. The number of hydrogen-bond donors (Lipinski definition) is 1. The fourth-order valence-electron chi connectivity index (χ4n) is 3.30. The van der Waals surface area contributed by atoms with Crippen LogP contribution in [-0.2, 0) is 14.8 Å². The Bertz CT molecular complexity index is 1210. The monoisotopic (exact) mass is 438 g/mol. The molecule has 0 saturated heterocycles. The number of benzene rings is 3. The van der Waals surface area contributed by atoms with Gasteiger partial charge in [0.15, 0.2) is 11.9 Å². The van der Waals surface area contributed by atoms with Crippen molar-refractivity contribution in [3.8, 4) is 17.2 Å². The van der Waals surface area contributed by atoms with Gasteiger partial charge in [0.1, 0.15) is 11.5 Å². The number of aryl methyl sites for hydroxylation is 1. The molecule has 160 valence electrons. The molecular weight excluding hydrogens is 416 g/mol. The van der Waals surface area contributed by atoms with Gasteiger partial charge in [-0.1, -0.05) is 36.4 Å². The summed E-state index contributed by atoms with van der Waals surface area (Å²) in [5.74, 6) is 0.972. The Hall–Kier alpha value is -3.52. The molecule has 0 saturated carbocycles. The minimum absolute atomic E-state index is 0.122. The zero-order chi connectivity index (χ0) is 22.0. The lowest BCUT2D eigenvalue weighted by atomic mass is 10.1. The van der Waals surface area contributed by atoms with E-state index in [1.165, 1.54) is 4.31 Å². The number of ether oxygens (including phenoxy) is 2. The molecular formula is C23H22N2O5S. The summed E-state index contributed by atoms with van der Waals surface area (Å²) >= 11 is 0. The van der Waals surface area contributed by atoms with Crippen molar-refractivity contribution in [3.63, 3.8) is 0 Å². The number of nitrogens with zero attached hydrogens (tertiary/aromatic N) is 1. The number of carbonyl (C=O) groups excluding carboxylic acids is 1. The van der Waals surface area contributed by atoms with E-state index in [0.717, 1.165) is 11.8 Å². The van der Waals surface area contributed by atoms with Crippen LogP contribution in [0.1, 0.15) is 5.56 Å². The average Bonchev–Trinajstić information content (AvgIpc) is 2.74. The third-order valence-corrected chi connectivity index (χ3v) is 5.94. The van der Waals surface area contributed by atoms with Crippen LogP contribution in [0.3, 0.4) is 0 Å². The van der Waals surface area contributed by atoms with Crippen molar-refractivity contribution in [2.45, 2.75) is 13.0 Å². The van der Waals surface area contributed by atoms with Gasteiger partial charge >= 0.3 is 0 Å². The molecule has 3 aromatic carbocycles. The van der Waals surface area contributed by atoms with E-state index in [0.29, 0.717) is 28.6 Å². The predicted octanol–water partition coefficient (Wildman–Crippen LogP) is 3.95. The van der Waals surface area contributed by atoms with Crippen molar-refractivity contribution < 1.29 is 22.7 Å². The molecule has 0 fully saturated rings. The third kappa shape index (κ3) is 4.64. The molecule has 0 radical (unpaired) electrons. The number of sulfonamides is 1. The van der Waals surface area contributed by atoms with Gasteiger partial charge in [0, 0.05) is 0 Å². The predicted molar refractivity (Wildman–Crippen MR) is 119 cm³/mol. The summed E-state index contributed by atoms with van der Waals surface area (Å²) in [6.45, 7) is 1.74. The van der Waals surface area contributed by atoms with E-state index in [-0.39, 0.29) is 6.54 Å². The Labute approximate surface area is 181 Å². The van der Waals surface area contributed by atoms with Gasteiger partial charge in [-0.05, 0) is 48.9 Å². The highest BCUT2D eigenvalue weighted by Crippen LogP contribution is 2.36. The minimum atomic E-state index is -3.60. The fourth-order valence-corrected chi connectivity index (χ4v) is 4.21. The SMILES string of the molecule is Cc1ccc2c(c1)N(S(C)(=O)=O)C[C@H](C(=O)Nc1ccccc1Oc1ccccc1)O2. The fraction of sp³-hybridized carbons (Fsp3) is 0.174. The van der Waals surface area contributed by atoms with Gasteiger partial charge in [-0.15, -0.1) is 0 Å². The van der Waals surface area contributed by atoms with E-state index < -0.39 is 22.0 Å². The molecule has 0 unspecified atom stereocenters. The van der Waals surface area contributed by atoms with Crippen LogP contribution >= 0.6 is 0 Å².